The summed E-state index contributed by atoms with van der Waals surface area (Å²) < 4.78 is 1.40. The van der Waals surface area contributed by atoms with Crippen molar-refractivity contribution in [2.75, 3.05) is 26.2 Å². The van der Waals surface area contributed by atoms with Crippen LogP contribution in [-0.2, 0) is 0 Å². The Labute approximate surface area is 116 Å². The Morgan fingerprint density at radius 2 is 0.944 bits per heavy atom. The van der Waals surface area contributed by atoms with Crippen molar-refractivity contribution >= 4 is 0 Å². The normalized spacial score (nSPS) is 11.3. The molecule has 2 nitrogen and oxygen atoms in total. The second kappa shape index (κ2) is 13.4. The third-order valence-electron chi connectivity index (χ3n) is 3.83. The van der Waals surface area contributed by atoms with Crippen molar-refractivity contribution in [2.24, 2.45) is 0 Å². The van der Waals surface area contributed by atoms with Crippen LogP contribution >= 0.6 is 0 Å². The molecule has 0 spiro atoms. The van der Waals surface area contributed by atoms with Gasteiger partial charge in [0.25, 0.3) is 0 Å². The molecule has 0 aliphatic heterocycles. The first kappa shape index (κ1) is 20.2. The van der Waals surface area contributed by atoms with Crippen LogP contribution in [0.2, 0.25) is 0 Å². The highest BCUT2D eigenvalue weighted by Gasteiger charge is 2.23. The molecule has 1 N–H and O–H groups in total. The third kappa shape index (κ3) is 8.93. The minimum absolute atomic E-state index is 0. The molecule has 112 valence electrons. The van der Waals surface area contributed by atoms with Crippen LogP contribution in [-0.4, -0.2) is 36.1 Å². The van der Waals surface area contributed by atoms with Gasteiger partial charge < -0.3 is 9.96 Å². The van der Waals surface area contributed by atoms with Crippen molar-refractivity contribution in [2.45, 2.75) is 79.1 Å². The first-order chi connectivity index (χ1) is 8.24. The molecule has 0 amide bonds. The van der Waals surface area contributed by atoms with Crippen molar-refractivity contribution in [1.29, 1.82) is 0 Å². The molecule has 0 aromatic rings. The quantitative estimate of drug-likeness (QED) is 0.365. The van der Waals surface area contributed by atoms with Crippen molar-refractivity contribution in [3.05, 3.63) is 0 Å². The SMILES string of the molecule is CCCCCCC[N+](CCC)(CCC)CCC.[OH-]. The highest BCUT2D eigenvalue weighted by molar-refractivity contribution is 4.48. The van der Waals surface area contributed by atoms with Gasteiger partial charge in [0.1, 0.15) is 0 Å². The van der Waals surface area contributed by atoms with Crippen LogP contribution in [0.1, 0.15) is 79.1 Å². The maximum Gasteiger partial charge on any atom is 0.0786 e. The van der Waals surface area contributed by atoms with Gasteiger partial charge in [-0.15, -0.1) is 0 Å². The van der Waals surface area contributed by atoms with E-state index in [0.717, 1.165) is 0 Å². The fourth-order valence-electron chi connectivity index (χ4n) is 3.14. The highest BCUT2D eigenvalue weighted by atomic mass is 16.0. The standard InChI is InChI=1S/C16H36N.H2O/c1-5-9-10-11-12-16-17(13-6-2,14-7-3)15-8-4;/h5-16H2,1-4H3;1H2/q+1;/p-1. The van der Waals surface area contributed by atoms with Crippen LogP contribution in [0.25, 0.3) is 0 Å². The van der Waals surface area contributed by atoms with Crippen LogP contribution in [0, 0.1) is 0 Å². The lowest BCUT2D eigenvalue weighted by Gasteiger charge is -2.38. The fourth-order valence-corrected chi connectivity index (χ4v) is 3.14. The summed E-state index contributed by atoms with van der Waals surface area (Å²) in [7, 11) is 0. The van der Waals surface area contributed by atoms with E-state index in [4.69, 9.17) is 0 Å². The van der Waals surface area contributed by atoms with Crippen molar-refractivity contribution in [3.63, 3.8) is 0 Å². The molecule has 0 aromatic heterocycles. The first-order valence-electron chi connectivity index (χ1n) is 8.09. The second-order valence-electron chi connectivity index (χ2n) is 5.65. The first-order valence-corrected chi connectivity index (χ1v) is 8.09. The van der Waals surface area contributed by atoms with Gasteiger partial charge in [-0.2, -0.15) is 0 Å². The van der Waals surface area contributed by atoms with Crippen LogP contribution < -0.4 is 0 Å². The van der Waals surface area contributed by atoms with Gasteiger partial charge in [-0.05, 0) is 32.1 Å². The number of hydrogen-bond donors (Lipinski definition) is 0. The molecule has 0 heterocycles. The Bertz CT molecular complexity index is 142. The third-order valence-corrected chi connectivity index (χ3v) is 3.83. The smallest absolute Gasteiger partial charge is 0.0786 e. The van der Waals surface area contributed by atoms with Crippen LogP contribution in [0.5, 0.6) is 0 Å². The summed E-state index contributed by atoms with van der Waals surface area (Å²) in [5.41, 5.74) is 0. The molecule has 0 bridgehead atoms. The average Bonchev–Trinajstić information content (AvgIpc) is 2.30. The van der Waals surface area contributed by atoms with E-state index in [1.807, 2.05) is 0 Å². The summed E-state index contributed by atoms with van der Waals surface area (Å²) >= 11 is 0. The van der Waals surface area contributed by atoms with Crippen molar-refractivity contribution in [1.82, 2.24) is 0 Å². The molecule has 0 atom stereocenters. The van der Waals surface area contributed by atoms with E-state index in [-0.39, 0.29) is 5.48 Å². The van der Waals surface area contributed by atoms with Crippen LogP contribution in [0.3, 0.4) is 0 Å². The summed E-state index contributed by atoms with van der Waals surface area (Å²) in [6.07, 6.45) is 11.2. The Kier molecular flexibility index (Phi) is 15.0. The number of nitrogens with zero attached hydrogens (tertiary/aromatic N) is 1. The van der Waals surface area contributed by atoms with Gasteiger partial charge in [0.2, 0.25) is 0 Å². The second-order valence-corrected chi connectivity index (χ2v) is 5.65. The molecule has 0 radical (unpaired) electrons. The van der Waals surface area contributed by atoms with Crippen LogP contribution in [0.15, 0.2) is 0 Å². The predicted molar refractivity (Wildman–Crippen MR) is 81.3 cm³/mol. The molecule has 0 rings (SSSR count). The summed E-state index contributed by atoms with van der Waals surface area (Å²) in [6.45, 7) is 14.9. The number of unbranched alkanes of at least 4 members (excludes halogenated alkanes) is 4. The minimum atomic E-state index is 0. The summed E-state index contributed by atoms with van der Waals surface area (Å²) in [5, 5.41) is 0. The van der Waals surface area contributed by atoms with Gasteiger partial charge >= 0.3 is 0 Å². The summed E-state index contributed by atoms with van der Waals surface area (Å²) in [5.74, 6) is 0. The van der Waals surface area contributed by atoms with E-state index in [1.165, 1.54) is 82.0 Å². The minimum Gasteiger partial charge on any atom is -0.870 e. The highest BCUT2D eigenvalue weighted by Crippen LogP contribution is 2.15. The largest absolute Gasteiger partial charge is 0.870 e. The van der Waals surface area contributed by atoms with E-state index in [2.05, 4.69) is 27.7 Å². The molecule has 18 heavy (non-hydrogen) atoms. The fraction of sp³-hybridized carbons (Fsp3) is 1.00. The maximum atomic E-state index is 2.34. The maximum absolute atomic E-state index is 2.34. The Balaban J connectivity index is 0. The van der Waals surface area contributed by atoms with E-state index >= 15 is 0 Å². The summed E-state index contributed by atoms with van der Waals surface area (Å²) in [4.78, 5) is 0. The molecular formula is C16H37NO. The monoisotopic (exact) mass is 259 g/mol. The molecule has 2 heteroatoms. The molecule has 0 saturated carbocycles. The zero-order valence-corrected chi connectivity index (χ0v) is 13.4. The summed E-state index contributed by atoms with van der Waals surface area (Å²) in [6, 6.07) is 0. The van der Waals surface area contributed by atoms with E-state index in [0.29, 0.717) is 0 Å². The number of rotatable bonds is 12. The number of hydrogen-bond acceptors (Lipinski definition) is 1. The van der Waals surface area contributed by atoms with Gasteiger partial charge in [-0.25, -0.2) is 0 Å². The lowest BCUT2D eigenvalue weighted by Crippen LogP contribution is -2.50. The lowest BCUT2D eigenvalue weighted by molar-refractivity contribution is -0.928. The molecule has 0 aliphatic carbocycles. The molecule has 0 fully saturated rings. The van der Waals surface area contributed by atoms with Gasteiger partial charge in [0.05, 0.1) is 26.2 Å². The Hall–Kier alpha value is -0.0800. The Morgan fingerprint density at radius 3 is 1.33 bits per heavy atom. The number of quaternary nitrogens is 1. The van der Waals surface area contributed by atoms with E-state index < -0.39 is 0 Å². The molecule has 0 aromatic carbocycles. The van der Waals surface area contributed by atoms with Crippen molar-refractivity contribution < 1.29 is 9.96 Å². The zero-order chi connectivity index (χ0) is 13.0. The van der Waals surface area contributed by atoms with Gasteiger partial charge in [0, 0.05) is 0 Å². The van der Waals surface area contributed by atoms with Gasteiger partial charge in [-0.1, -0.05) is 47.0 Å². The van der Waals surface area contributed by atoms with Gasteiger partial charge in [0.15, 0.2) is 0 Å². The molecular weight excluding hydrogens is 222 g/mol. The Morgan fingerprint density at radius 1 is 0.500 bits per heavy atom. The van der Waals surface area contributed by atoms with Gasteiger partial charge in [-0.3, -0.25) is 0 Å². The molecule has 0 aliphatic rings. The zero-order valence-electron chi connectivity index (χ0n) is 13.4. The molecule has 0 unspecified atom stereocenters. The predicted octanol–water partition coefficient (Wildman–Crippen LogP) is 4.83. The van der Waals surface area contributed by atoms with Crippen molar-refractivity contribution in [3.8, 4) is 0 Å². The van der Waals surface area contributed by atoms with Crippen LogP contribution in [0.4, 0.5) is 0 Å². The molecule has 0 saturated heterocycles. The topological polar surface area (TPSA) is 30.0 Å². The van der Waals surface area contributed by atoms with E-state index in [9.17, 15) is 0 Å². The van der Waals surface area contributed by atoms with E-state index in [1.54, 1.807) is 0 Å². The lowest BCUT2D eigenvalue weighted by atomic mass is 10.1. The average molecular weight is 259 g/mol.